The molecule has 2 aliphatic rings. The van der Waals surface area contributed by atoms with E-state index in [1.165, 1.54) is 0 Å². The number of Topliss-reactive ketones (excluding diaryl/α,β-unsaturated/α-hetero) is 1. The average molecular weight is 635 g/mol. The minimum absolute atomic E-state index is 0.0242. The Morgan fingerprint density at radius 2 is 1.67 bits per heavy atom. The molecule has 3 aromatic rings. The summed E-state index contributed by atoms with van der Waals surface area (Å²) in [6.45, 7) is 0.681. The molecule has 1 aliphatic carbocycles. The second-order valence-electron chi connectivity index (χ2n) is 12.0. The van der Waals surface area contributed by atoms with Crippen molar-refractivity contribution in [3.05, 3.63) is 70.9 Å². The largest absolute Gasteiger partial charge is 0.451 e. The van der Waals surface area contributed by atoms with Gasteiger partial charge in [0.05, 0.1) is 6.04 Å². The minimum atomic E-state index is -1.25. The van der Waals surface area contributed by atoms with E-state index in [4.69, 9.17) is 16.0 Å². The predicted octanol–water partition coefficient (Wildman–Crippen LogP) is 4.44. The summed E-state index contributed by atoms with van der Waals surface area (Å²) in [5, 5.41) is 12.2. The summed E-state index contributed by atoms with van der Waals surface area (Å²) in [6, 6.07) is 13.5. The fraction of sp³-hybridized carbons (Fsp3) is 0.441. The molecule has 3 atom stereocenters. The summed E-state index contributed by atoms with van der Waals surface area (Å²) >= 11 is 6.09. The van der Waals surface area contributed by atoms with E-state index in [-0.39, 0.29) is 30.6 Å². The SMILES string of the molecule is O=C(NCc1ccccc1)C(=O)[C@H](C[C@@H]1CCCNC1=O)NC(=O)[C@H](CC1CCCCC1)NC(=O)c1cc2cc(Cl)ccc2o1. The van der Waals surface area contributed by atoms with Gasteiger partial charge in [0.2, 0.25) is 17.6 Å². The highest BCUT2D eigenvalue weighted by atomic mass is 35.5. The summed E-state index contributed by atoms with van der Waals surface area (Å²) < 4.78 is 5.73. The zero-order valence-corrected chi connectivity index (χ0v) is 25.9. The van der Waals surface area contributed by atoms with Crippen molar-refractivity contribution in [2.75, 3.05) is 6.54 Å². The lowest BCUT2D eigenvalue weighted by molar-refractivity contribution is -0.141. The van der Waals surface area contributed by atoms with Crippen molar-refractivity contribution in [1.82, 2.24) is 21.3 Å². The highest BCUT2D eigenvalue weighted by molar-refractivity contribution is 6.38. The van der Waals surface area contributed by atoms with Gasteiger partial charge in [-0.05, 0) is 61.4 Å². The number of nitrogens with one attached hydrogen (secondary N) is 4. The molecule has 4 N–H and O–H groups in total. The molecule has 1 saturated carbocycles. The molecule has 0 unspecified atom stereocenters. The third-order valence-corrected chi connectivity index (χ3v) is 8.93. The van der Waals surface area contributed by atoms with Crippen molar-refractivity contribution >= 4 is 52.0 Å². The Kier molecular flexibility index (Phi) is 10.9. The van der Waals surface area contributed by atoms with Crippen LogP contribution in [0, 0.1) is 11.8 Å². The first-order valence-corrected chi connectivity index (χ1v) is 16.1. The number of halogens is 1. The van der Waals surface area contributed by atoms with E-state index in [0.717, 1.165) is 44.1 Å². The van der Waals surface area contributed by atoms with Crippen molar-refractivity contribution in [2.24, 2.45) is 11.8 Å². The van der Waals surface area contributed by atoms with Gasteiger partial charge >= 0.3 is 0 Å². The van der Waals surface area contributed by atoms with Crippen molar-refractivity contribution in [3.8, 4) is 0 Å². The van der Waals surface area contributed by atoms with Gasteiger partial charge in [0.1, 0.15) is 11.6 Å². The standard InChI is InChI=1S/C34H39ClN4O6/c35-25-13-14-28-24(17-25)19-29(45-28)33(43)39-27(16-21-8-3-1-4-9-21)32(42)38-26(18-23-12-7-15-36-31(23)41)30(40)34(44)37-20-22-10-5-2-6-11-22/h2,5-6,10-11,13-14,17,19,21,23,26-27H,1,3-4,7-9,12,15-16,18,20H2,(H,36,41)(H,37,44)(H,38,42)(H,39,43)/t23-,26-,27-/m0/s1. The lowest BCUT2D eigenvalue weighted by Crippen LogP contribution is -2.55. The van der Waals surface area contributed by atoms with Gasteiger partial charge in [-0.25, -0.2) is 0 Å². The second kappa shape index (κ2) is 15.2. The number of amides is 4. The Labute approximate surface area is 267 Å². The topological polar surface area (TPSA) is 147 Å². The van der Waals surface area contributed by atoms with Gasteiger partial charge in [0.15, 0.2) is 5.76 Å². The van der Waals surface area contributed by atoms with Crippen LogP contribution in [0.15, 0.2) is 59.0 Å². The maximum Gasteiger partial charge on any atom is 0.289 e. The molecule has 2 fully saturated rings. The fourth-order valence-electron chi connectivity index (χ4n) is 6.22. The average Bonchev–Trinajstić information content (AvgIpc) is 3.48. The number of hydrogen-bond acceptors (Lipinski definition) is 6. The number of furan rings is 1. The van der Waals surface area contributed by atoms with Gasteiger partial charge in [-0.15, -0.1) is 0 Å². The molecule has 2 heterocycles. The van der Waals surface area contributed by atoms with Crippen LogP contribution in [0.1, 0.15) is 73.9 Å². The number of benzene rings is 2. The molecular weight excluding hydrogens is 596 g/mol. The molecule has 10 nitrogen and oxygen atoms in total. The van der Waals surface area contributed by atoms with E-state index in [1.807, 2.05) is 30.3 Å². The summed E-state index contributed by atoms with van der Waals surface area (Å²) in [7, 11) is 0. The van der Waals surface area contributed by atoms with E-state index in [1.54, 1.807) is 24.3 Å². The summed E-state index contributed by atoms with van der Waals surface area (Å²) in [5.74, 6) is -3.37. The van der Waals surface area contributed by atoms with E-state index in [9.17, 15) is 24.0 Å². The Morgan fingerprint density at radius 1 is 0.889 bits per heavy atom. The maximum absolute atomic E-state index is 13.9. The van der Waals surface area contributed by atoms with E-state index < -0.39 is 41.5 Å². The molecule has 1 aromatic heterocycles. The summed E-state index contributed by atoms with van der Waals surface area (Å²) in [6.07, 6.45) is 6.67. The number of hydrogen-bond donors (Lipinski definition) is 4. The van der Waals surface area contributed by atoms with Crippen LogP contribution in [0.25, 0.3) is 11.0 Å². The number of rotatable bonds is 12. The third kappa shape index (κ3) is 8.72. The second-order valence-corrected chi connectivity index (χ2v) is 12.5. The van der Waals surface area contributed by atoms with Crippen LogP contribution in [-0.2, 0) is 25.7 Å². The molecule has 45 heavy (non-hydrogen) atoms. The molecular formula is C34H39ClN4O6. The Hall–Kier alpha value is -4.18. The molecule has 11 heteroatoms. The lowest BCUT2D eigenvalue weighted by atomic mass is 9.84. The first kappa shape index (κ1) is 32.2. The molecule has 4 amide bonds. The predicted molar refractivity (Wildman–Crippen MR) is 169 cm³/mol. The number of fused-ring (bicyclic) bond motifs is 1. The van der Waals surface area contributed by atoms with E-state index in [0.29, 0.717) is 35.4 Å². The number of carbonyl (C=O) groups excluding carboxylic acids is 5. The molecule has 0 bridgehead atoms. The summed E-state index contributed by atoms with van der Waals surface area (Å²) in [5.41, 5.74) is 1.30. The normalized spacial score (nSPS) is 18.4. The van der Waals surface area contributed by atoms with Crippen molar-refractivity contribution in [2.45, 2.75) is 76.4 Å². The molecule has 238 valence electrons. The van der Waals surface area contributed by atoms with Gasteiger partial charge in [0, 0.05) is 29.4 Å². The fourth-order valence-corrected chi connectivity index (χ4v) is 6.40. The van der Waals surface area contributed by atoms with Crippen molar-refractivity contribution in [1.29, 1.82) is 0 Å². The van der Waals surface area contributed by atoms with Crippen LogP contribution in [0.4, 0.5) is 0 Å². The van der Waals surface area contributed by atoms with E-state index >= 15 is 0 Å². The number of ketones is 1. The highest BCUT2D eigenvalue weighted by Gasteiger charge is 2.36. The van der Waals surface area contributed by atoms with Gasteiger partial charge in [-0.3, -0.25) is 24.0 Å². The smallest absolute Gasteiger partial charge is 0.289 e. The first-order valence-electron chi connectivity index (χ1n) is 15.7. The summed E-state index contributed by atoms with van der Waals surface area (Å²) in [4.78, 5) is 66.4. The molecule has 1 saturated heterocycles. The zero-order valence-electron chi connectivity index (χ0n) is 25.1. The molecule has 0 spiro atoms. The Balaban J connectivity index is 1.33. The van der Waals surface area contributed by atoms with Crippen molar-refractivity contribution < 1.29 is 28.4 Å². The molecule has 5 rings (SSSR count). The van der Waals surface area contributed by atoms with Crippen LogP contribution in [-0.4, -0.2) is 48.0 Å². The molecule has 1 aliphatic heterocycles. The van der Waals surface area contributed by atoms with Crippen LogP contribution in [0.2, 0.25) is 5.02 Å². The first-order chi connectivity index (χ1) is 21.8. The maximum atomic E-state index is 13.9. The lowest BCUT2D eigenvalue weighted by Gasteiger charge is -2.29. The Bertz CT molecular complexity index is 1530. The van der Waals surface area contributed by atoms with Crippen LogP contribution < -0.4 is 21.3 Å². The molecule has 2 aromatic carbocycles. The quantitative estimate of drug-likeness (QED) is 0.217. The van der Waals surface area contributed by atoms with Crippen LogP contribution in [0.3, 0.4) is 0 Å². The van der Waals surface area contributed by atoms with Crippen LogP contribution >= 0.6 is 11.6 Å². The van der Waals surface area contributed by atoms with Gasteiger partial charge in [-0.2, -0.15) is 0 Å². The zero-order chi connectivity index (χ0) is 31.8. The third-order valence-electron chi connectivity index (χ3n) is 8.69. The number of piperidine rings is 1. The highest BCUT2D eigenvalue weighted by Crippen LogP contribution is 2.28. The minimum Gasteiger partial charge on any atom is -0.451 e. The monoisotopic (exact) mass is 634 g/mol. The molecule has 0 radical (unpaired) electrons. The van der Waals surface area contributed by atoms with Gasteiger partial charge in [0.25, 0.3) is 11.8 Å². The Morgan fingerprint density at radius 3 is 2.42 bits per heavy atom. The van der Waals surface area contributed by atoms with Gasteiger partial charge in [-0.1, -0.05) is 74.0 Å². The van der Waals surface area contributed by atoms with Crippen molar-refractivity contribution in [3.63, 3.8) is 0 Å². The van der Waals surface area contributed by atoms with Crippen LogP contribution in [0.5, 0.6) is 0 Å². The number of carbonyl (C=O) groups is 5. The van der Waals surface area contributed by atoms with E-state index in [2.05, 4.69) is 21.3 Å². The van der Waals surface area contributed by atoms with Gasteiger partial charge < -0.3 is 25.7 Å².